The Hall–Kier alpha value is -4.44. The van der Waals surface area contributed by atoms with E-state index in [0.29, 0.717) is 36.0 Å². The van der Waals surface area contributed by atoms with Crippen LogP contribution in [0.3, 0.4) is 0 Å². The van der Waals surface area contributed by atoms with Crippen molar-refractivity contribution in [2.24, 2.45) is 5.73 Å². The molecule has 0 amide bonds. The van der Waals surface area contributed by atoms with E-state index in [1.807, 2.05) is 38.1 Å². The van der Waals surface area contributed by atoms with Crippen molar-refractivity contribution in [2.45, 2.75) is 19.8 Å². The molecule has 0 spiro atoms. The van der Waals surface area contributed by atoms with E-state index in [2.05, 4.69) is 6.07 Å². The number of esters is 1. The third-order valence-electron chi connectivity index (χ3n) is 5.31. The van der Waals surface area contributed by atoms with Crippen molar-refractivity contribution in [3.8, 4) is 29.1 Å². The summed E-state index contributed by atoms with van der Waals surface area (Å²) in [6.45, 7) is 4.74. The molecule has 0 fully saturated rings. The van der Waals surface area contributed by atoms with Crippen LogP contribution in [0.1, 0.15) is 41.3 Å². The van der Waals surface area contributed by atoms with Crippen LogP contribution in [0.2, 0.25) is 0 Å². The minimum Gasteiger partial charge on any atom is -0.494 e. The van der Waals surface area contributed by atoms with Crippen molar-refractivity contribution in [2.75, 3.05) is 13.2 Å². The van der Waals surface area contributed by atoms with Gasteiger partial charge < -0.3 is 24.7 Å². The van der Waals surface area contributed by atoms with Gasteiger partial charge in [0.2, 0.25) is 5.88 Å². The fourth-order valence-electron chi connectivity index (χ4n) is 3.87. The monoisotopic (exact) mass is 456 g/mol. The zero-order chi connectivity index (χ0) is 24.1. The molecule has 0 saturated heterocycles. The van der Waals surface area contributed by atoms with Gasteiger partial charge in [-0.2, -0.15) is 5.26 Å². The SMILES string of the molecule is CCOc1cccc(C(=O)Oc2ccc3c(c2)OC(N)=C(C#N)C3c2ccccc2OCC)c1. The molecule has 3 aromatic rings. The van der Waals surface area contributed by atoms with Gasteiger partial charge in [0.1, 0.15) is 34.6 Å². The van der Waals surface area contributed by atoms with Crippen LogP contribution in [0.25, 0.3) is 0 Å². The standard InChI is InChI=1S/C27H24N2O5/c1-3-31-18-9-7-8-17(14-18)27(30)33-19-12-13-21-24(15-19)34-26(29)22(16-28)25(21)20-10-5-6-11-23(20)32-4-2/h5-15,25H,3-4,29H2,1-2H3. The predicted octanol–water partition coefficient (Wildman–Crippen LogP) is 4.92. The Bertz CT molecular complexity index is 1290. The fourth-order valence-corrected chi connectivity index (χ4v) is 3.87. The summed E-state index contributed by atoms with van der Waals surface area (Å²) >= 11 is 0. The van der Waals surface area contributed by atoms with E-state index in [-0.39, 0.29) is 17.2 Å². The molecule has 3 aromatic carbocycles. The molecule has 1 aliphatic heterocycles. The second-order valence-corrected chi connectivity index (χ2v) is 7.45. The fraction of sp³-hybridized carbons (Fsp3) is 0.185. The maximum absolute atomic E-state index is 12.7. The van der Waals surface area contributed by atoms with Gasteiger partial charge in [0.05, 0.1) is 24.7 Å². The number of benzene rings is 3. The summed E-state index contributed by atoms with van der Waals surface area (Å²) in [5.74, 6) is 0.924. The van der Waals surface area contributed by atoms with Gasteiger partial charge in [0, 0.05) is 17.2 Å². The van der Waals surface area contributed by atoms with Gasteiger partial charge in [-0.15, -0.1) is 0 Å². The number of para-hydroxylation sites is 1. The lowest BCUT2D eigenvalue weighted by Gasteiger charge is -2.27. The average Bonchev–Trinajstić information content (AvgIpc) is 2.84. The predicted molar refractivity (Wildman–Crippen MR) is 126 cm³/mol. The number of allylic oxidation sites excluding steroid dienone is 1. The summed E-state index contributed by atoms with van der Waals surface area (Å²) in [7, 11) is 0. The second kappa shape index (κ2) is 10.0. The molecule has 1 unspecified atom stereocenters. The summed E-state index contributed by atoms with van der Waals surface area (Å²) < 4.78 is 22.6. The van der Waals surface area contributed by atoms with Crippen molar-refractivity contribution >= 4 is 5.97 Å². The van der Waals surface area contributed by atoms with Gasteiger partial charge in [-0.05, 0) is 44.2 Å². The maximum atomic E-state index is 12.7. The molecule has 1 atom stereocenters. The lowest BCUT2D eigenvalue weighted by molar-refractivity contribution is 0.0734. The van der Waals surface area contributed by atoms with Gasteiger partial charge in [-0.1, -0.05) is 30.3 Å². The molecule has 0 bridgehead atoms. The number of nitriles is 1. The van der Waals surface area contributed by atoms with Gasteiger partial charge in [-0.3, -0.25) is 0 Å². The van der Waals surface area contributed by atoms with Crippen molar-refractivity contribution < 1.29 is 23.7 Å². The lowest BCUT2D eigenvalue weighted by Crippen LogP contribution is -2.21. The van der Waals surface area contributed by atoms with Gasteiger partial charge in [-0.25, -0.2) is 4.79 Å². The molecule has 0 saturated carbocycles. The summed E-state index contributed by atoms with van der Waals surface area (Å²) in [4.78, 5) is 12.7. The van der Waals surface area contributed by atoms with Crippen molar-refractivity contribution in [3.05, 3.63) is 94.9 Å². The molecule has 4 rings (SSSR count). The molecular weight excluding hydrogens is 432 g/mol. The Labute approximate surface area is 197 Å². The second-order valence-electron chi connectivity index (χ2n) is 7.45. The van der Waals surface area contributed by atoms with Gasteiger partial charge in [0.25, 0.3) is 0 Å². The normalized spacial score (nSPS) is 14.4. The molecule has 1 heterocycles. The van der Waals surface area contributed by atoms with Crippen LogP contribution in [-0.4, -0.2) is 19.2 Å². The van der Waals surface area contributed by atoms with Crippen LogP contribution >= 0.6 is 0 Å². The number of rotatable bonds is 7. The lowest BCUT2D eigenvalue weighted by atomic mass is 9.83. The Kier molecular flexibility index (Phi) is 6.69. The molecule has 172 valence electrons. The molecule has 0 aliphatic carbocycles. The first-order chi connectivity index (χ1) is 16.5. The first-order valence-electron chi connectivity index (χ1n) is 10.9. The van der Waals surface area contributed by atoms with Crippen LogP contribution in [0.15, 0.2) is 78.2 Å². The van der Waals surface area contributed by atoms with E-state index in [9.17, 15) is 10.1 Å². The largest absolute Gasteiger partial charge is 0.494 e. The number of hydrogen-bond donors (Lipinski definition) is 1. The van der Waals surface area contributed by atoms with E-state index in [4.69, 9.17) is 24.7 Å². The number of nitrogens with two attached hydrogens (primary N) is 1. The summed E-state index contributed by atoms with van der Waals surface area (Å²) in [5.41, 5.74) is 8.28. The minimum atomic E-state index is -0.531. The van der Waals surface area contributed by atoms with Gasteiger partial charge >= 0.3 is 5.97 Å². The van der Waals surface area contributed by atoms with Crippen molar-refractivity contribution in [3.63, 3.8) is 0 Å². The van der Waals surface area contributed by atoms with E-state index >= 15 is 0 Å². The van der Waals surface area contributed by atoms with Crippen LogP contribution in [-0.2, 0) is 0 Å². The zero-order valence-electron chi connectivity index (χ0n) is 18.9. The molecule has 1 aliphatic rings. The van der Waals surface area contributed by atoms with Crippen LogP contribution in [0, 0.1) is 11.3 Å². The summed E-state index contributed by atoms with van der Waals surface area (Å²) in [6.07, 6.45) is 0. The number of ether oxygens (including phenoxy) is 4. The van der Waals surface area contributed by atoms with E-state index in [0.717, 1.165) is 11.1 Å². The van der Waals surface area contributed by atoms with Crippen molar-refractivity contribution in [1.82, 2.24) is 0 Å². The highest BCUT2D eigenvalue weighted by molar-refractivity contribution is 5.91. The van der Waals surface area contributed by atoms with E-state index in [1.165, 1.54) is 0 Å². The molecular formula is C27H24N2O5. The van der Waals surface area contributed by atoms with Gasteiger partial charge in [0.15, 0.2) is 0 Å². The summed E-state index contributed by atoms with van der Waals surface area (Å²) in [5, 5.41) is 9.81. The number of carbonyl (C=O) groups excluding carboxylic acids is 1. The third kappa shape index (κ3) is 4.52. The molecule has 7 nitrogen and oxygen atoms in total. The van der Waals surface area contributed by atoms with Crippen LogP contribution in [0.4, 0.5) is 0 Å². The highest BCUT2D eigenvalue weighted by Gasteiger charge is 2.33. The highest BCUT2D eigenvalue weighted by Crippen LogP contribution is 2.45. The summed E-state index contributed by atoms with van der Waals surface area (Å²) in [6, 6.07) is 21.5. The third-order valence-corrected chi connectivity index (χ3v) is 5.31. The first kappa shape index (κ1) is 22.7. The Morgan fingerprint density at radius 2 is 1.76 bits per heavy atom. The number of hydrogen-bond acceptors (Lipinski definition) is 7. The van der Waals surface area contributed by atoms with E-state index < -0.39 is 11.9 Å². The maximum Gasteiger partial charge on any atom is 0.343 e. The topological polar surface area (TPSA) is 104 Å². The van der Waals surface area contributed by atoms with Crippen LogP contribution in [0.5, 0.6) is 23.0 Å². The smallest absolute Gasteiger partial charge is 0.343 e. The average molecular weight is 456 g/mol. The number of fused-ring (bicyclic) bond motifs is 1. The van der Waals surface area contributed by atoms with Crippen LogP contribution < -0.4 is 24.7 Å². The number of nitrogens with zero attached hydrogens (tertiary/aromatic N) is 1. The molecule has 7 heteroatoms. The molecule has 2 N–H and O–H groups in total. The number of carbonyl (C=O) groups is 1. The first-order valence-corrected chi connectivity index (χ1v) is 10.9. The Morgan fingerprint density at radius 1 is 0.971 bits per heavy atom. The Balaban J connectivity index is 1.68. The van der Waals surface area contributed by atoms with E-state index in [1.54, 1.807) is 42.5 Å². The Morgan fingerprint density at radius 3 is 2.53 bits per heavy atom. The molecule has 0 radical (unpaired) electrons. The zero-order valence-corrected chi connectivity index (χ0v) is 18.9. The van der Waals surface area contributed by atoms with Crippen molar-refractivity contribution in [1.29, 1.82) is 5.26 Å². The minimum absolute atomic E-state index is 0.000747. The quantitative estimate of drug-likeness (QED) is 0.397. The molecule has 34 heavy (non-hydrogen) atoms. The molecule has 0 aromatic heterocycles. The highest BCUT2D eigenvalue weighted by atomic mass is 16.5.